The number of pyridine rings is 1. The van der Waals surface area contributed by atoms with E-state index in [1.165, 1.54) is 22.8 Å². The van der Waals surface area contributed by atoms with Crippen molar-refractivity contribution in [3.05, 3.63) is 93.8 Å². The van der Waals surface area contributed by atoms with Crippen LogP contribution in [0.15, 0.2) is 71.5 Å². The molecule has 148 valence electrons. The van der Waals surface area contributed by atoms with Gasteiger partial charge in [-0.25, -0.2) is 0 Å². The van der Waals surface area contributed by atoms with Gasteiger partial charge in [0.05, 0.1) is 23.9 Å². The van der Waals surface area contributed by atoms with E-state index >= 15 is 0 Å². The van der Waals surface area contributed by atoms with Gasteiger partial charge < -0.3 is 19.9 Å². The molecule has 5 rings (SSSR count). The van der Waals surface area contributed by atoms with E-state index in [0.717, 1.165) is 0 Å². The summed E-state index contributed by atoms with van der Waals surface area (Å²) in [6.45, 7) is -0.113. The summed E-state index contributed by atoms with van der Waals surface area (Å²) in [6.07, 6.45) is -1.14. The Bertz CT molecular complexity index is 1400. The number of nitrogens with zero attached hydrogens (tertiary/aromatic N) is 1. The number of carbonyl (C=O) groups excluding carboxylic acids is 1. The van der Waals surface area contributed by atoms with Crippen molar-refractivity contribution in [1.82, 2.24) is 4.57 Å². The van der Waals surface area contributed by atoms with Gasteiger partial charge >= 0.3 is 0 Å². The second-order valence-corrected chi connectivity index (χ2v) is 7.32. The largest absolute Gasteiger partial charge is 0.504 e. The maximum atomic E-state index is 13.3. The zero-order chi connectivity index (χ0) is 21.0. The average Bonchev–Trinajstić information content (AvgIpc) is 3.06. The maximum Gasteiger partial charge on any atom is 0.259 e. The first-order valence-electron chi connectivity index (χ1n) is 9.47. The van der Waals surface area contributed by atoms with Gasteiger partial charge in [0.1, 0.15) is 0 Å². The van der Waals surface area contributed by atoms with Gasteiger partial charge in [-0.1, -0.05) is 48.5 Å². The molecule has 1 aliphatic carbocycles. The van der Waals surface area contributed by atoms with E-state index < -0.39 is 6.10 Å². The van der Waals surface area contributed by atoms with Crippen LogP contribution in [0.3, 0.4) is 0 Å². The topological polar surface area (TPSA) is 99.8 Å². The Morgan fingerprint density at radius 1 is 0.800 bits per heavy atom. The zero-order valence-corrected chi connectivity index (χ0v) is 15.7. The second-order valence-electron chi connectivity index (χ2n) is 7.32. The molecule has 0 saturated carbocycles. The number of carbonyl (C=O) groups is 1. The van der Waals surface area contributed by atoms with Crippen molar-refractivity contribution in [3.8, 4) is 22.8 Å². The quantitative estimate of drug-likeness (QED) is 0.404. The van der Waals surface area contributed by atoms with Crippen LogP contribution in [0.2, 0.25) is 0 Å². The van der Waals surface area contributed by atoms with Gasteiger partial charge in [0.2, 0.25) is 0 Å². The van der Waals surface area contributed by atoms with Gasteiger partial charge in [0.15, 0.2) is 17.3 Å². The monoisotopic (exact) mass is 399 g/mol. The zero-order valence-electron chi connectivity index (χ0n) is 15.7. The molecule has 4 aromatic rings. The van der Waals surface area contributed by atoms with E-state index in [4.69, 9.17) is 0 Å². The van der Waals surface area contributed by atoms with Crippen molar-refractivity contribution in [3.63, 3.8) is 0 Å². The molecule has 0 bridgehead atoms. The van der Waals surface area contributed by atoms with Crippen LogP contribution in [0.1, 0.15) is 27.6 Å². The number of phenols is 2. The van der Waals surface area contributed by atoms with Crippen molar-refractivity contribution in [1.29, 1.82) is 0 Å². The lowest BCUT2D eigenvalue weighted by molar-refractivity contribution is 0.104. The van der Waals surface area contributed by atoms with Crippen LogP contribution >= 0.6 is 0 Å². The van der Waals surface area contributed by atoms with Crippen molar-refractivity contribution < 1.29 is 20.1 Å². The van der Waals surface area contributed by atoms with E-state index in [9.17, 15) is 24.9 Å². The highest BCUT2D eigenvalue weighted by atomic mass is 16.3. The lowest BCUT2D eigenvalue weighted by Gasteiger charge is -2.19. The summed E-state index contributed by atoms with van der Waals surface area (Å²) in [5, 5.41) is 31.1. The Labute approximate surface area is 170 Å². The third kappa shape index (κ3) is 2.54. The first-order chi connectivity index (χ1) is 14.5. The van der Waals surface area contributed by atoms with E-state index in [1.54, 1.807) is 48.5 Å². The molecule has 0 amide bonds. The van der Waals surface area contributed by atoms with Crippen molar-refractivity contribution >= 4 is 16.6 Å². The third-order valence-electron chi connectivity index (χ3n) is 5.57. The summed E-state index contributed by atoms with van der Waals surface area (Å²) in [5.74, 6) is -0.806. The summed E-state index contributed by atoms with van der Waals surface area (Å²) in [6, 6.07) is 18.1. The van der Waals surface area contributed by atoms with Gasteiger partial charge in [-0.2, -0.15) is 0 Å². The van der Waals surface area contributed by atoms with E-state index in [1.807, 2.05) is 0 Å². The van der Waals surface area contributed by atoms with Gasteiger partial charge in [-0.15, -0.1) is 0 Å². The van der Waals surface area contributed by atoms with Gasteiger partial charge in [0, 0.05) is 21.9 Å². The molecule has 0 fully saturated rings. The van der Waals surface area contributed by atoms with Crippen LogP contribution in [0.5, 0.6) is 11.5 Å². The van der Waals surface area contributed by atoms with Gasteiger partial charge in [-0.3, -0.25) is 9.59 Å². The predicted molar refractivity (Wildman–Crippen MR) is 112 cm³/mol. The molecule has 6 heteroatoms. The Kier molecular flexibility index (Phi) is 3.98. The minimum absolute atomic E-state index is 0.113. The molecular weight excluding hydrogens is 382 g/mol. The van der Waals surface area contributed by atoms with E-state index in [2.05, 4.69) is 0 Å². The van der Waals surface area contributed by atoms with Crippen molar-refractivity contribution in [2.45, 2.75) is 12.6 Å². The summed E-state index contributed by atoms with van der Waals surface area (Å²) >= 11 is 0. The number of aromatic hydroxyl groups is 2. The second kappa shape index (κ2) is 6.57. The fourth-order valence-electron chi connectivity index (χ4n) is 4.13. The SMILES string of the molecule is O=C1c2ccccc2-c2c1c1ccccc1c(=O)n2CC(O)c1ccc(O)c(O)c1. The molecule has 30 heavy (non-hydrogen) atoms. The number of hydrogen-bond acceptors (Lipinski definition) is 5. The van der Waals surface area contributed by atoms with Crippen LogP contribution in [0.4, 0.5) is 0 Å². The Morgan fingerprint density at radius 2 is 1.47 bits per heavy atom. The lowest BCUT2D eigenvalue weighted by Crippen LogP contribution is -2.26. The van der Waals surface area contributed by atoms with Crippen LogP contribution < -0.4 is 5.56 Å². The average molecular weight is 399 g/mol. The van der Waals surface area contributed by atoms with E-state index in [-0.39, 0.29) is 29.4 Å². The molecule has 1 unspecified atom stereocenters. The third-order valence-corrected chi connectivity index (χ3v) is 5.57. The summed E-state index contributed by atoms with van der Waals surface area (Å²) in [4.78, 5) is 26.5. The Balaban J connectivity index is 1.75. The molecular formula is C24H17NO5. The number of benzene rings is 3. The Morgan fingerprint density at radius 3 is 2.20 bits per heavy atom. The molecule has 3 aromatic carbocycles. The molecule has 3 N–H and O–H groups in total. The number of rotatable bonds is 3. The minimum Gasteiger partial charge on any atom is -0.504 e. The molecule has 0 aliphatic heterocycles. The van der Waals surface area contributed by atoms with Crippen molar-refractivity contribution in [2.75, 3.05) is 0 Å². The summed E-state index contributed by atoms with van der Waals surface area (Å²) in [5.41, 5.74) is 2.15. The molecule has 0 spiro atoms. The molecule has 1 atom stereocenters. The molecule has 1 aliphatic rings. The predicted octanol–water partition coefficient (Wildman–Crippen LogP) is 3.36. The highest BCUT2D eigenvalue weighted by molar-refractivity contribution is 6.26. The fraction of sp³-hybridized carbons (Fsp3) is 0.0833. The van der Waals surface area contributed by atoms with Crippen LogP contribution in [0, 0.1) is 0 Å². The number of fused-ring (bicyclic) bond motifs is 5. The number of ketones is 1. The minimum atomic E-state index is -1.14. The highest BCUT2D eigenvalue weighted by Gasteiger charge is 2.32. The maximum absolute atomic E-state index is 13.3. The first-order valence-corrected chi connectivity index (χ1v) is 9.47. The number of hydrogen-bond donors (Lipinski definition) is 3. The lowest BCUT2D eigenvalue weighted by atomic mass is 10.0. The highest BCUT2D eigenvalue weighted by Crippen LogP contribution is 2.39. The fourth-order valence-corrected chi connectivity index (χ4v) is 4.13. The number of phenolic OH excluding ortho intramolecular Hbond substituents is 2. The van der Waals surface area contributed by atoms with Gasteiger partial charge in [0.25, 0.3) is 5.56 Å². The standard InChI is InChI=1S/C24H17NO5/c26-18-10-9-13(11-19(18)27)20(28)12-25-22-15-6-2-3-7-16(15)23(29)21(22)14-5-1-4-8-17(14)24(25)30/h1-11,20,26-28H,12H2. The first kappa shape index (κ1) is 18.1. The summed E-state index contributed by atoms with van der Waals surface area (Å²) in [7, 11) is 0. The smallest absolute Gasteiger partial charge is 0.259 e. The summed E-state index contributed by atoms with van der Waals surface area (Å²) < 4.78 is 1.43. The Hall–Kier alpha value is -3.90. The van der Waals surface area contributed by atoms with Crippen molar-refractivity contribution in [2.24, 2.45) is 0 Å². The molecule has 1 aromatic heterocycles. The molecule has 1 heterocycles. The molecule has 0 saturated heterocycles. The number of aliphatic hydroxyl groups excluding tert-OH is 1. The van der Waals surface area contributed by atoms with Crippen LogP contribution in [-0.2, 0) is 6.54 Å². The number of aromatic nitrogens is 1. The molecule has 0 radical (unpaired) electrons. The normalized spacial score (nSPS) is 13.3. The van der Waals surface area contributed by atoms with Crippen LogP contribution in [0.25, 0.3) is 22.0 Å². The van der Waals surface area contributed by atoms with E-state index in [0.29, 0.717) is 38.7 Å². The number of aliphatic hydroxyl groups is 1. The van der Waals surface area contributed by atoms with Crippen LogP contribution in [-0.4, -0.2) is 25.7 Å². The molecule has 6 nitrogen and oxygen atoms in total. The van der Waals surface area contributed by atoms with Gasteiger partial charge in [-0.05, 0) is 23.8 Å².